The van der Waals surface area contributed by atoms with E-state index in [2.05, 4.69) is 29.1 Å². The van der Waals surface area contributed by atoms with E-state index >= 15 is 0 Å². The van der Waals surface area contributed by atoms with Gasteiger partial charge in [-0.15, -0.1) is 0 Å². The summed E-state index contributed by atoms with van der Waals surface area (Å²) in [5.74, 6) is 0.670. The molecule has 0 aromatic carbocycles. The van der Waals surface area contributed by atoms with Crippen LogP contribution >= 0.6 is 0 Å². The van der Waals surface area contributed by atoms with E-state index in [0.717, 1.165) is 44.5 Å². The number of carbonyl (C=O) groups is 1. The maximum absolute atomic E-state index is 14.0. The van der Waals surface area contributed by atoms with Crippen LogP contribution < -0.4 is 10.2 Å². The third-order valence-corrected chi connectivity index (χ3v) is 8.88. The van der Waals surface area contributed by atoms with Crippen LogP contribution in [0, 0.1) is 11.3 Å². The van der Waals surface area contributed by atoms with Crippen LogP contribution in [0.3, 0.4) is 0 Å². The first-order valence-corrected chi connectivity index (χ1v) is 13.0. The molecule has 1 N–H and O–H groups in total. The number of ether oxygens (including phenoxy) is 2. The highest BCUT2D eigenvalue weighted by atomic mass is 19.4. The molecule has 0 radical (unpaired) electrons. The molecule has 1 aromatic heterocycles. The van der Waals surface area contributed by atoms with Gasteiger partial charge in [0.25, 0.3) is 0 Å². The number of fused-ring (bicyclic) bond motifs is 2. The summed E-state index contributed by atoms with van der Waals surface area (Å²) >= 11 is 0. The zero-order valence-corrected chi connectivity index (χ0v) is 21.1. The van der Waals surface area contributed by atoms with Gasteiger partial charge in [0.05, 0.1) is 30.2 Å². The van der Waals surface area contributed by atoms with E-state index in [1.807, 2.05) is 9.80 Å². The van der Waals surface area contributed by atoms with E-state index < -0.39 is 17.3 Å². The van der Waals surface area contributed by atoms with Gasteiger partial charge in [0, 0.05) is 45.0 Å². The molecule has 8 nitrogen and oxygen atoms in total. The van der Waals surface area contributed by atoms with Crippen LogP contribution in [0.4, 0.5) is 19.0 Å². The van der Waals surface area contributed by atoms with Gasteiger partial charge in [-0.05, 0) is 38.0 Å². The molecule has 0 unspecified atom stereocenters. The van der Waals surface area contributed by atoms with E-state index in [1.165, 1.54) is 0 Å². The summed E-state index contributed by atoms with van der Waals surface area (Å²) in [7, 11) is 1.71. The Morgan fingerprint density at radius 3 is 2.72 bits per heavy atom. The first-order valence-electron chi connectivity index (χ1n) is 13.0. The van der Waals surface area contributed by atoms with Crippen molar-refractivity contribution in [1.29, 1.82) is 0 Å². The molecule has 1 aromatic rings. The van der Waals surface area contributed by atoms with Crippen molar-refractivity contribution in [2.45, 2.75) is 82.4 Å². The molecule has 4 fully saturated rings. The maximum Gasteiger partial charge on any atom is 0.433 e. The average Bonchev–Trinajstić information content (AvgIpc) is 3.58. The molecule has 2 bridgehead atoms. The van der Waals surface area contributed by atoms with Gasteiger partial charge in [-0.2, -0.15) is 13.2 Å². The van der Waals surface area contributed by atoms with Crippen molar-refractivity contribution >= 4 is 11.7 Å². The fraction of sp³-hybridized carbons (Fsp3) is 0.800. The summed E-state index contributed by atoms with van der Waals surface area (Å²) in [6.45, 7) is 6.58. The highest BCUT2D eigenvalue weighted by molar-refractivity contribution is 5.84. The molecule has 1 saturated carbocycles. The first-order chi connectivity index (χ1) is 17.1. The number of rotatable bonds is 6. The monoisotopic (exact) mass is 511 g/mol. The molecular formula is C25H36F3N5O3. The van der Waals surface area contributed by atoms with Gasteiger partial charge in [-0.1, -0.05) is 13.8 Å². The van der Waals surface area contributed by atoms with Gasteiger partial charge >= 0.3 is 6.18 Å². The molecule has 4 aliphatic rings. The lowest BCUT2D eigenvalue weighted by atomic mass is 9.74. The summed E-state index contributed by atoms with van der Waals surface area (Å²) in [5, 5.41) is 3.76. The zero-order chi connectivity index (χ0) is 25.7. The number of nitrogens with one attached hydrogen (secondary N) is 1. The fourth-order valence-electron chi connectivity index (χ4n) is 6.76. The van der Waals surface area contributed by atoms with Crippen molar-refractivity contribution in [1.82, 2.24) is 20.2 Å². The van der Waals surface area contributed by atoms with Crippen LogP contribution in [0.25, 0.3) is 0 Å². The third-order valence-electron chi connectivity index (χ3n) is 8.88. The molecule has 0 spiro atoms. The number of likely N-dealkylation sites (tertiary alicyclic amines) is 1. The number of anilines is 1. The zero-order valence-electron chi connectivity index (χ0n) is 21.1. The Morgan fingerprint density at radius 2 is 2.06 bits per heavy atom. The summed E-state index contributed by atoms with van der Waals surface area (Å²) in [4.78, 5) is 25.4. The molecule has 6 atom stereocenters. The summed E-state index contributed by atoms with van der Waals surface area (Å²) < 4.78 is 50.6. The lowest BCUT2D eigenvalue weighted by Crippen LogP contribution is -2.55. The van der Waals surface area contributed by atoms with Crippen molar-refractivity contribution in [3.63, 3.8) is 0 Å². The molecule has 3 saturated heterocycles. The lowest BCUT2D eigenvalue weighted by molar-refractivity contribution is -0.146. The van der Waals surface area contributed by atoms with Gasteiger partial charge in [-0.3, -0.25) is 4.79 Å². The average molecular weight is 512 g/mol. The van der Waals surface area contributed by atoms with Crippen LogP contribution in [-0.2, 0) is 20.4 Å². The Morgan fingerprint density at radius 1 is 1.25 bits per heavy atom. The van der Waals surface area contributed by atoms with Crippen LogP contribution in [0.2, 0.25) is 0 Å². The number of piperazine rings is 1. The molecule has 3 aliphatic heterocycles. The van der Waals surface area contributed by atoms with E-state index in [4.69, 9.17) is 9.47 Å². The number of alkyl halides is 3. The Balaban J connectivity index is 1.26. The number of carbonyl (C=O) groups excluding carboxylic acids is 1. The van der Waals surface area contributed by atoms with Crippen molar-refractivity contribution < 1.29 is 27.4 Å². The number of halogens is 3. The Kier molecular flexibility index (Phi) is 6.93. The first kappa shape index (κ1) is 25.7. The third kappa shape index (κ3) is 4.58. The van der Waals surface area contributed by atoms with E-state index in [9.17, 15) is 18.0 Å². The maximum atomic E-state index is 14.0. The molecular weight excluding hydrogens is 475 g/mol. The molecule has 11 heteroatoms. The molecule has 5 rings (SSSR count). The Labute approximate surface area is 209 Å². The number of amides is 1. The predicted molar refractivity (Wildman–Crippen MR) is 126 cm³/mol. The summed E-state index contributed by atoms with van der Waals surface area (Å²) in [5.41, 5.74) is -1.37. The number of hydrogen-bond donors (Lipinski definition) is 1. The minimum atomic E-state index is -4.51. The molecule has 4 heterocycles. The van der Waals surface area contributed by atoms with Gasteiger partial charge in [0.1, 0.15) is 17.8 Å². The highest BCUT2D eigenvalue weighted by Gasteiger charge is 2.55. The van der Waals surface area contributed by atoms with E-state index in [0.29, 0.717) is 26.3 Å². The minimum absolute atomic E-state index is 0.0113. The van der Waals surface area contributed by atoms with Crippen molar-refractivity contribution in [3.8, 4) is 0 Å². The second-order valence-corrected chi connectivity index (χ2v) is 11.1. The SMILES string of the molecule is CO[C@@H]1COCC[C@@H]1N[C@@H]1CC[C@@](C(=O)N2C[C@H]3C[C@H]2CN3c2cc(C(F)(F)F)ncn2)(C(C)C)C1. The molecule has 200 valence electrons. The number of nitrogens with zero attached hydrogens (tertiary/aromatic N) is 4. The van der Waals surface area contributed by atoms with Crippen LogP contribution in [-0.4, -0.2) is 84.5 Å². The van der Waals surface area contributed by atoms with Gasteiger partial charge < -0.3 is 24.6 Å². The molecule has 1 amide bonds. The number of methoxy groups -OCH3 is 1. The van der Waals surface area contributed by atoms with Crippen LogP contribution in [0.15, 0.2) is 12.4 Å². The van der Waals surface area contributed by atoms with Gasteiger partial charge in [0.15, 0.2) is 0 Å². The lowest BCUT2D eigenvalue weighted by Gasteiger charge is -2.42. The largest absolute Gasteiger partial charge is 0.433 e. The topological polar surface area (TPSA) is 79.8 Å². The van der Waals surface area contributed by atoms with Crippen LogP contribution in [0.5, 0.6) is 0 Å². The quantitative estimate of drug-likeness (QED) is 0.629. The van der Waals surface area contributed by atoms with Gasteiger partial charge in [0.2, 0.25) is 5.91 Å². The van der Waals surface area contributed by atoms with Crippen LogP contribution in [0.1, 0.15) is 51.6 Å². The molecule has 36 heavy (non-hydrogen) atoms. The van der Waals surface area contributed by atoms with Crippen molar-refractivity contribution in [2.24, 2.45) is 11.3 Å². The Bertz CT molecular complexity index is 963. The smallest absolute Gasteiger partial charge is 0.379 e. The predicted octanol–water partition coefficient (Wildman–Crippen LogP) is 2.87. The van der Waals surface area contributed by atoms with E-state index in [1.54, 1.807) is 7.11 Å². The standard InChI is InChI=1S/C25H36F3N5O3/c1-15(2)24(6-4-16(10-24)31-19-5-7-36-13-20(19)35-3)23(34)33-12-17-8-18(33)11-32(17)22-9-21(25(26,27)28)29-14-30-22/h9,14-20,31H,4-8,10-13H2,1-3H3/t16-,17-,18+,19+,20-,24+/m1/s1. The number of hydrogen-bond acceptors (Lipinski definition) is 7. The highest BCUT2D eigenvalue weighted by Crippen LogP contribution is 2.48. The Hall–Kier alpha value is -1.98. The second-order valence-electron chi connectivity index (χ2n) is 11.1. The summed E-state index contributed by atoms with van der Waals surface area (Å²) in [6, 6.07) is 1.44. The minimum Gasteiger partial charge on any atom is -0.379 e. The van der Waals surface area contributed by atoms with E-state index in [-0.39, 0.29) is 47.9 Å². The van der Waals surface area contributed by atoms with Gasteiger partial charge in [-0.25, -0.2) is 9.97 Å². The molecule has 1 aliphatic carbocycles. The normalized spacial score (nSPS) is 34.7. The number of aromatic nitrogens is 2. The van der Waals surface area contributed by atoms with Crippen molar-refractivity contribution in [2.75, 3.05) is 38.3 Å². The van der Waals surface area contributed by atoms with Crippen molar-refractivity contribution in [3.05, 3.63) is 18.1 Å². The summed E-state index contributed by atoms with van der Waals surface area (Å²) in [6.07, 6.45) is 0.682. The second kappa shape index (κ2) is 9.72. The fourth-order valence-corrected chi connectivity index (χ4v) is 6.76.